The lowest BCUT2D eigenvalue weighted by molar-refractivity contribution is 0.0787. The van der Waals surface area contributed by atoms with Crippen LogP contribution in [-0.4, -0.2) is 24.4 Å². The summed E-state index contributed by atoms with van der Waals surface area (Å²) >= 11 is 0. The number of rotatable bonds is 4. The van der Waals surface area contributed by atoms with Crippen molar-refractivity contribution in [1.29, 1.82) is 0 Å². The Bertz CT molecular complexity index is 420. The molecule has 5 heteroatoms. The summed E-state index contributed by atoms with van der Waals surface area (Å²) in [5.74, 6) is -4.98. The highest BCUT2D eigenvalue weighted by atomic mass is 19.2. The van der Waals surface area contributed by atoms with Crippen LogP contribution in [0.3, 0.4) is 0 Å². The third-order valence-electron chi connectivity index (χ3n) is 2.46. The maximum absolute atomic E-state index is 13.3. The van der Waals surface area contributed by atoms with Gasteiger partial charge in [0, 0.05) is 13.6 Å². The number of benzene rings is 1. The molecule has 1 amide bonds. The number of amides is 1. The number of nitrogens with zero attached hydrogens (tertiary/aromatic N) is 1. The van der Waals surface area contributed by atoms with Gasteiger partial charge < -0.3 is 4.90 Å². The molecule has 0 bridgehead atoms. The van der Waals surface area contributed by atoms with E-state index < -0.39 is 28.9 Å². The molecule has 0 spiro atoms. The highest BCUT2D eigenvalue weighted by Crippen LogP contribution is 2.16. The molecule has 0 saturated heterocycles. The van der Waals surface area contributed by atoms with Crippen molar-refractivity contribution in [3.8, 4) is 0 Å². The molecule has 94 valence electrons. The minimum absolute atomic E-state index is 0.442. The van der Waals surface area contributed by atoms with Gasteiger partial charge in [-0.1, -0.05) is 13.3 Å². The molecule has 0 unspecified atom stereocenters. The summed E-state index contributed by atoms with van der Waals surface area (Å²) in [4.78, 5) is 13.0. The van der Waals surface area contributed by atoms with E-state index in [2.05, 4.69) is 0 Å². The second-order valence-electron chi connectivity index (χ2n) is 3.80. The zero-order valence-electron chi connectivity index (χ0n) is 9.77. The number of unbranched alkanes of at least 4 members (excludes halogenated alkanes) is 1. The maximum Gasteiger partial charge on any atom is 0.256 e. The molecule has 0 atom stereocenters. The molecule has 0 radical (unpaired) electrons. The van der Waals surface area contributed by atoms with E-state index >= 15 is 0 Å². The molecular weight excluding hydrogens is 231 g/mol. The lowest BCUT2D eigenvalue weighted by atomic mass is 10.1. The largest absolute Gasteiger partial charge is 0.342 e. The van der Waals surface area contributed by atoms with Gasteiger partial charge in [-0.25, -0.2) is 13.2 Å². The SMILES string of the molecule is CCCCN(C)C(=O)c1ccc(F)c(F)c1F. The molecule has 0 saturated carbocycles. The number of halogens is 3. The first-order chi connectivity index (χ1) is 7.99. The first-order valence-corrected chi connectivity index (χ1v) is 5.38. The van der Waals surface area contributed by atoms with Crippen LogP contribution in [0.4, 0.5) is 13.2 Å². The monoisotopic (exact) mass is 245 g/mol. The van der Waals surface area contributed by atoms with Gasteiger partial charge in [0.1, 0.15) is 0 Å². The lowest BCUT2D eigenvalue weighted by Gasteiger charge is -2.17. The van der Waals surface area contributed by atoms with Gasteiger partial charge in [0.05, 0.1) is 5.56 Å². The fourth-order valence-electron chi connectivity index (χ4n) is 1.39. The molecule has 0 heterocycles. The summed E-state index contributed by atoms with van der Waals surface area (Å²) in [5.41, 5.74) is -0.442. The highest BCUT2D eigenvalue weighted by Gasteiger charge is 2.20. The normalized spacial score (nSPS) is 10.4. The van der Waals surface area contributed by atoms with Crippen molar-refractivity contribution in [2.24, 2.45) is 0 Å². The minimum atomic E-state index is -1.61. The van der Waals surface area contributed by atoms with Crippen molar-refractivity contribution in [1.82, 2.24) is 4.90 Å². The Balaban J connectivity index is 2.93. The van der Waals surface area contributed by atoms with E-state index in [-0.39, 0.29) is 0 Å². The van der Waals surface area contributed by atoms with E-state index in [4.69, 9.17) is 0 Å². The van der Waals surface area contributed by atoms with Crippen LogP contribution >= 0.6 is 0 Å². The number of carbonyl (C=O) groups is 1. The molecule has 0 fully saturated rings. The molecule has 1 rings (SSSR count). The van der Waals surface area contributed by atoms with E-state index in [0.29, 0.717) is 6.54 Å². The van der Waals surface area contributed by atoms with Crippen molar-refractivity contribution in [3.63, 3.8) is 0 Å². The van der Waals surface area contributed by atoms with Crippen molar-refractivity contribution in [3.05, 3.63) is 35.1 Å². The molecule has 1 aromatic rings. The predicted octanol–water partition coefficient (Wildman–Crippen LogP) is 2.98. The van der Waals surface area contributed by atoms with Gasteiger partial charge in [0.2, 0.25) is 0 Å². The summed E-state index contributed by atoms with van der Waals surface area (Å²) in [6.07, 6.45) is 1.66. The van der Waals surface area contributed by atoms with Crippen LogP contribution in [0.2, 0.25) is 0 Å². The van der Waals surface area contributed by atoms with Gasteiger partial charge in [0.25, 0.3) is 5.91 Å². The fourth-order valence-corrected chi connectivity index (χ4v) is 1.39. The van der Waals surface area contributed by atoms with Gasteiger partial charge >= 0.3 is 0 Å². The molecule has 1 aromatic carbocycles. The Hall–Kier alpha value is -1.52. The Labute approximate surface area is 98.0 Å². The smallest absolute Gasteiger partial charge is 0.256 e. The van der Waals surface area contributed by atoms with E-state index in [1.54, 1.807) is 0 Å². The van der Waals surface area contributed by atoms with E-state index in [1.807, 2.05) is 6.92 Å². The van der Waals surface area contributed by atoms with Crippen molar-refractivity contribution in [2.75, 3.05) is 13.6 Å². The van der Waals surface area contributed by atoms with E-state index in [9.17, 15) is 18.0 Å². The predicted molar refractivity (Wildman–Crippen MR) is 58.2 cm³/mol. The van der Waals surface area contributed by atoms with Crippen LogP contribution in [0.5, 0.6) is 0 Å². The van der Waals surface area contributed by atoms with Crippen molar-refractivity contribution >= 4 is 5.91 Å². The first-order valence-electron chi connectivity index (χ1n) is 5.38. The first kappa shape index (κ1) is 13.5. The van der Waals surface area contributed by atoms with Crippen LogP contribution in [0.1, 0.15) is 30.1 Å². The summed E-state index contributed by atoms with van der Waals surface area (Å²) in [5, 5.41) is 0. The minimum Gasteiger partial charge on any atom is -0.342 e. The molecule has 0 aliphatic heterocycles. The lowest BCUT2D eigenvalue weighted by Crippen LogP contribution is -2.28. The number of hydrogen-bond donors (Lipinski definition) is 0. The molecule has 0 aliphatic rings. The third-order valence-corrected chi connectivity index (χ3v) is 2.46. The Morgan fingerprint density at radius 3 is 2.47 bits per heavy atom. The zero-order chi connectivity index (χ0) is 13.0. The van der Waals surface area contributed by atoms with Crippen LogP contribution in [0.25, 0.3) is 0 Å². The fraction of sp³-hybridized carbons (Fsp3) is 0.417. The molecule has 0 aromatic heterocycles. The van der Waals surface area contributed by atoms with Crippen LogP contribution in [0.15, 0.2) is 12.1 Å². The highest BCUT2D eigenvalue weighted by molar-refractivity contribution is 5.94. The van der Waals surface area contributed by atoms with E-state index in [1.165, 1.54) is 11.9 Å². The summed E-state index contributed by atoms with van der Waals surface area (Å²) in [7, 11) is 1.50. The second kappa shape index (κ2) is 5.70. The van der Waals surface area contributed by atoms with Gasteiger partial charge in [-0.2, -0.15) is 0 Å². The summed E-state index contributed by atoms with van der Waals surface area (Å²) in [6.45, 7) is 2.41. The van der Waals surface area contributed by atoms with Gasteiger partial charge in [-0.3, -0.25) is 4.79 Å². The molecule has 0 aliphatic carbocycles. The molecule has 0 N–H and O–H groups in total. The maximum atomic E-state index is 13.3. The van der Waals surface area contributed by atoms with Gasteiger partial charge in [0.15, 0.2) is 17.5 Å². The summed E-state index contributed by atoms with van der Waals surface area (Å²) < 4.78 is 39.0. The Morgan fingerprint density at radius 1 is 1.24 bits per heavy atom. The topological polar surface area (TPSA) is 20.3 Å². The third kappa shape index (κ3) is 2.99. The van der Waals surface area contributed by atoms with Crippen LogP contribution in [0, 0.1) is 17.5 Å². The number of carbonyl (C=O) groups excluding carboxylic acids is 1. The quantitative estimate of drug-likeness (QED) is 0.747. The molecular formula is C12H14F3NO. The average molecular weight is 245 g/mol. The standard InChI is InChI=1S/C12H14F3NO/c1-3-4-7-16(2)12(17)8-5-6-9(13)11(15)10(8)14/h5-6H,3-4,7H2,1-2H3. The van der Waals surface area contributed by atoms with Crippen molar-refractivity contribution in [2.45, 2.75) is 19.8 Å². The number of hydrogen-bond acceptors (Lipinski definition) is 1. The summed E-state index contributed by atoms with van der Waals surface area (Å²) in [6, 6.07) is 1.71. The average Bonchev–Trinajstić information content (AvgIpc) is 2.32. The van der Waals surface area contributed by atoms with Gasteiger partial charge in [-0.15, -0.1) is 0 Å². The van der Waals surface area contributed by atoms with Crippen molar-refractivity contribution < 1.29 is 18.0 Å². The van der Waals surface area contributed by atoms with Crippen LogP contribution in [-0.2, 0) is 0 Å². The Morgan fingerprint density at radius 2 is 1.88 bits per heavy atom. The molecule has 2 nitrogen and oxygen atoms in total. The van der Waals surface area contributed by atoms with Crippen LogP contribution < -0.4 is 0 Å². The van der Waals surface area contributed by atoms with E-state index in [0.717, 1.165) is 25.0 Å². The zero-order valence-corrected chi connectivity index (χ0v) is 9.77. The van der Waals surface area contributed by atoms with Gasteiger partial charge in [-0.05, 0) is 18.6 Å². The Kier molecular flexibility index (Phi) is 4.54. The molecule has 17 heavy (non-hydrogen) atoms. The second-order valence-corrected chi connectivity index (χ2v) is 3.80.